The molecule has 34 heavy (non-hydrogen) atoms. The first-order valence-electron chi connectivity index (χ1n) is 10.8. The molecular formula is C24H27ClN2O7. The lowest BCUT2D eigenvalue weighted by Crippen LogP contribution is -2.53. The van der Waals surface area contributed by atoms with Crippen molar-refractivity contribution >= 4 is 29.4 Å². The number of hydrogen-bond donors (Lipinski definition) is 4. The van der Waals surface area contributed by atoms with Gasteiger partial charge in [-0.3, -0.25) is 9.59 Å². The summed E-state index contributed by atoms with van der Waals surface area (Å²) in [5.41, 5.74) is 2.65. The molecule has 9 nitrogen and oxygen atoms in total. The third-order valence-electron chi connectivity index (χ3n) is 5.55. The monoisotopic (exact) mass is 490 g/mol. The molecule has 0 aliphatic carbocycles. The molecule has 1 heterocycles. The second-order valence-electron chi connectivity index (χ2n) is 8.10. The van der Waals surface area contributed by atoms with E-state index in [2.05, 4.69) is 5.32 Å². The third kappa shape index (κ3) is 7.01. The molecule has 3 atom stereocenters. The number of carboxylic acids is 1. The average Bonchev–Trinajstić information content (AvgIpc) is 2.83. The molecule has 3 rings (SSSR count). The van der Waals surface area contributed by atoms with Gasteiger partial charge < -0.3 is 30.3 Å². The number of aliphatic hydroxyl groups excluding tert-OH is 2. The Balaban J connectivity index is 1.69. The van der Waals surface area contributed by atoms with Crippen LogP contribution >= 0.6 is 11.6 Å². The Labute approximate surface area is 201 Å². The van der Waals surface area contributed by atoms with Crippen LogP contribution < -0.4 is 5.32 Å². The summed E-state index contributed by atoms with van der Waals surface area (Å²) < 4.78 is 5.29. The number of halogens is 1. The Morgan fingerprint density at radius 1 is 1.15 bits per heavy atom. The van der Waals surface area contributed by atoms with Gasteiger partial charge >= 0.3 is 17.8 Å². The van der Waals surface area contributed by atoms with Gasteiger partial charge in [0.2, 0.25) is 0 Å². The zero-order valence-corrected chi connectivity index (χ0v) is 19.1. The molecule has 4 N–H and O–H groups in total. The molecule has 0 aromatic heterocycles. The highest BCUT2D eigenvalue weighted by molar-refractivity contribution is 6.35. The zero-order valence-electron chi connectivity index (χ0n) is 18.4. The van der Waals surface area contributed by atoms with Gasteiger partial charge in [0.25, 0.3) is 0 Å². The number of nitrogens with zero attached hydrogens (tertiary/aromatic N) is 1. The Morgan fingerprint density at radius 3 is 2.53 bits per heavy atom. The molecule has 1 aliphatic rings. The van der Waals surface area contributed by atoms with Crippen molar-refractivity contribution < 1.29 is 34.4 Å². The van der Waals surface area contributed by atoms with Crippen molar-refractivity contribution in [1.82, 2.24) is 10.2 Å². The molecule has 0 spiro atoms. The Morgan fingerprint density at radius 2 is 1.88 bits per heavy atom. The summed E-state index contributed by atoms with van der Waals surface area (Å²) >= 11 is 6.05. The summed E-state index contributed by atoms with van der Waals surface area (Å²) in [6.07, 6.45) is -2.32. The second-order valence-corrected chi connectivity index (χ2v) is 8.53. The normalized spacial score (nSPS) is 17.6. The summed E-state index contributed by atoms with van der Waals surface area (Å²) in [5, 5.41) is 31.4. The van der Waals surface area contributed by atoms with Crippen LogP contribution in [0.2, 0.25) is 5.02 Å². The number of aliphatic carboxylic acids is 1. The molecule has 182 valence electrons. The molecule has 2 aromatic carbocycles. The standard InChI is InChI=1S/C24H27ClN2O7/c25-18-3-1-2-17(11-18)16-6-4-15(5-7-16)10-19(12-21(29)24(32)33)26-22(30)23(31)27-8-9-34-20(13-27)14-28/h1-7,11,19-21,28-29H,8-10,12-14H2,(H,26,30)(H,32,33). The largest absolute Gasteiger partial charge is 0.479 e. The lowest BCUT2D eigenvalue weighted by molar-refractivity contribution is -0.152. The van der Waals surface area contributed by atoms with Gasteiger partial charge in [-0.2, -0.15) is 0 Å². The number of carbonyl (C=O) groups is 3. The fraction of sp³-hybridized carbons (Fsp3) is 0.375. The van der Waals surface area contributed by atoms with Crippen LogP contribution in [0.1, 0.15) is 12.0 Å². The number of rotatable bonds is 8. The predicted octanol–water partition coefficient (Wildman–Crippen LogP) is 1.09. The number of morpholine rings is 1. The van der Waals surface area contributed by atoms with Crippen LogP contribution in [0.3, 0.4) is 0 Å². The molecule has 1 fully saturated rings. The molecule has 10 heteroatoms. The van der Waals surface area contributed by atoms with E-state index in [1.807, 2.05) is 42.5 Å². The fourth-order valence-electron chi connectivity index (χ4n) is 3.75. The van der Waals surface area contributed by atoms with Crippen LogP contribution in [0.4, 0.5) is 0 Å². The minimum atomic E-state index is -1.70. The minimum Gasteiger partial charge on any atom is -0.479 e. The van der Waals surface area contributed by atoms with Crippen LogP contribution in [0.25, 0.3) is 11.1 Å². The Kier molecular flexibility index (Phi) is 9.00. The molecule has 2 aromatic rings. The van der Waals surface area contributed by atoms with E-state index in [1.165, 1.54) is 4.90 Å². The first-order chi connectivity index (χ1) is 16.3. The first-order valence-corrected chi connectivity index (χ1v) is 11.2. The highest BCUT2D eigenvalue weighted by Gasteiger charge is 2.30. The second kappa shape index (κ2) is 11.9. The topological polar surface area (TPSA) is 136 Å². The summed E-state index contributed by atoms with van der Waals surface area (Å²) in [6.45, 7) is 0.209. The van der Waals surface area contributed by atoms with E-state index >= 15 is 0 Å². The highest BCUT2D eigenvalue weighted by atomic mass is 35.5. The van der Waals surface area contributed by atoms with Gasteiger partial charge in [0.1, 0.15) is 0 Å². The zero-order chi connectivity index (χ0) is 24.7. The third-order valence-corrected chi connectivity index (χ3v) is 5.78. The maximum Gasteiger partial charge on any atom is 0.332 e. The lowest BCUT2D eigenvalue weighted by atomic mass is 9.97. The van der Waals surface area contributed by atoms with Gasteiger partial charge in [0, 0.05) is 30.6 Å². The number of benzene rings is 2. The average molecular weight is 491 g/mol. The number of nitrogens with one attached hydrogen (secondary N) is 1. The van der Waals surface area contributed by atoms with Gasteiger partial charge in [-0.25, -0.2) is 4.79 Å². The maximum atomic E-state index is 12.6. The molecule has 1 saturated heterocycles. The van der Waals surface area contributed by atoms with Crippen molar-refractivity contribution in [3.8, 4) is 11.1 Å². The van der Waals surface area contributed by atoms with Crippen molar-refractivity contribution in [2.45, 2.75) is 31.1 Å². The van der Waals surface area contributed by atoms with E-state index in [0.29, 0.717) is 5.02 Å². The maximum absolute atomic E-state index is 12.6. The Hall–Kier alpha value is -2.98. The lowest BCUT2D eigenvalue weighted by Gasteiger charge is -2.32. The number of carbonyl (C=O) groups excluding carboxylic acids is 2. The number of carboxylic acid groups (broad SMARTS) is 1. The van der Waals surface area contributed by atoms with Gasteiger partial charge in [0.05, 0.1) is 19.3 Å². The van der Waals surface area contributed by atoms with Crippen LogP contribution in [0.15, 0.2) is 48.5 Å². The van der Waals surface area contributed by atoms with Crippen molar-refractivity contribution in [3.63, 3.8) is 0 Å². The number of amides is 2. The van der Waals surface area contributed by atoms with E-state index in [1.54, 1.807) is 6.07 Å². The fourth-order valence-corrected chi connectivity index (χ4v) is 3.94. The van der Waals surface area contributed by atoms with Crippen LogP contribution in [0.5, 0.6) is 0 Å². The molecule has 0 radical (unpaired) electrons. The summed E-state index contributed by atoms with van der Waals surface area (Å²) in [6, 6.07) is 14.0. The predicted molar refractivity (Wildman–Crippen MR) is 124 cm³/mol. The summed E-state index contributed by atoms with van der Waals surface area (Å²) in [7, 11) is 0. The number of ether oxygens (including phenoxy) is 1. The van der Waals surface area contributed by atoms with Gasteiger partial charge in [-0.05, 0) is 35.2 Å². The van der Waals surface area contributed by atoms with Crippen molar-refractivity contribution in [2.24, 2.45) is 0 Å². The van der Waals surface area contributed by atoms with E-state index in [9.17, 15) is 24.6 Å². The van der Waals surface area contributed by atoms with Gasteiger partial charge in [0.15, 0.2) is 6.10 Å². The smallest absolute Gasteiger partial charge is 0.332 e. The van der Waals surface area contributed by atoms with Gasteiger partial charge in [-0.15, -0.1) is 0 Å². The molecule has 3 unspecified atom stereocenters. The van der Waals surface area contributed by atoms with E-state index in [0.717, 1.165) is 16.7 Å². The quantitative estimate of drug-likeness (QED) is 0.406. The SMILES string of the molecule is O=C(NC(Cc1ccc(-c2cccc(Cl)c2)cc1)CC(O)C(=O)O)C(=O)N1CCOC(CO)C1. The van der Waals surface area contributed by atoms with E-state index in [-0.39, 0.29) is 39.1 Å². The summed E-state index contributed by atoms with van der Waals surface area (Å²) in [5.74, 6) is -3.12. The number of hydrogen-bond acceptors (Lipinski definition) is 6. The van der Waals surface area contributed by atoms with E-state index < -0.39 is 36.0 Å². The Bertz CT molecular complexity index is 1010. The van der Waals surface area contributed by atoms with Crippen LogP contribution in [-0.2, 0) is 25.5 Å². The van der Waals surface area contributed by atoms with Crippen molar-refractivity contribution in [2.75, 3.05) is 26.3 Å². The first kappa shape index (κ1) is 25.6. The van der Waals surface area contributed by atoms with Gasteiger partial charge in [-0.1, -0.05) is 48.0 Å². The molecule has 0 saturated carbocycles. The van der Waals surface area contributed by atoms with Crippen molar-refractivity contribution in [1.29, 1.82) is 0 Å². The molecular weight excluding hydrogens is 464 g/mol. The minimum absolute atomic E-state index is 0.0795. The highest BCUT2D eigenvalue weighted by Crippen LogP contribution is 2.23. The molecule has 1 aliphatic heterocycles. The molecule has 2 amide bonds. The summed E-state index contributed by atoms with van der Waals surface area (Å²) in [4.78, 5) is 37.6. The number of aliphatic hydroxyl groups is 2. The van der Waals surface area contributed by atoms with Crippen LogP contribution in [0, 0.1) is 0 Å². The molecule has 0 bridgehead atoms. The van der Waals surface area contributed by atoms with E-state index in [4.69, 9.17) is 21.4 Å². The van der Waals surface area contributed by atoms with Crippen LogP contribution in [-0.4, -0.2) is 82.6 Å². The van der Waals surface area contributed by atoms with Crippen molar-refractivity contribution in [3.05, 3.63) is 59.1 Å².